The van der Waals surface area contributed by atoms with Gasteiger partial charge in [-0.15, -0.1) is 12.4 Å². The molecule has 0 amide bonds. The molecule has 1 saturated heterocycles. The van der Waals surface area contributed by atoms with E-state index < -0.39 is 0 Å². The van der Waals surface area contributed by atoms with Gasteiger partial charge in [-0.25, -0.2) is 4.98 Å². The molecule has 1 aliphatic heterocycles. The Hall–Kier alpha value is -1.04. The smallest absolute Gasteiger partial charge is 0.162 e. The van der Waals surface area contributed by atoms with Gasteiger partial charge in [0.2, 0.25) is 0 Å². The van der Waals surface area contributed by atoms with E-state index in [1.54, 1.807) is 0 Å². The molecule has 1 atom stereocenters. The molecule has 0 saturated carbocycles. The molecule has 0 aliphatic carbocycles. The van der Waals surface area contributed by atoms with Crippen LogP contribution in [-0.4, -0.2) is 33.7 Å². The Morgan fingerprint density at radius 2 is 2.42 bits per heavy atom. The van der Waals surface area contributed by atoms with Gasteiger partial charge >= 0.3 is 0 Å². The summed E-state index contributed by atoms with van der Waals surface area (Å²) >= 11 is 6.09. The van der Waals surface area contributed by atoms with Crippen molar-refractivity contribution >= 4 is 35.5 Å². The molecule has 1 fully saturated rings. The molecule has 2 N–H and O–H groups in total. The lowest BCUT2D eigenvalue weighted by Gasteiger charge is -2.14. The number of rotatable bonds is 3. The van der Waals surface area contributed by atoms with E-state index in [2.05, 4.69) is 27.6 Å². The fraction of sp³-hybridized carbons (Fsp3) is 0.500. The summed E-state index contributed by atoms with van der Waals surface area (Å²) in [5.41, 5.74) is 1.96. The third kappa shape index (κ3) is 2.78. The zero-order valence-electron chi connectivity index (χ0n) is 10.7. The summed E-state index contributed by atoms with van der Waals surface area (Å²) in [7, 11) is 0. The van der Waals surface area contributed by atoms with Crippen LogP contribution in [0, 0.1) is 0 Å². The highest BCUT2D eigenvalue weighted by atomic mass is 35.5. The third-order valence-electron chi connectivity index (χ3n) is 3.31. The van der Waals surface area contributed by atoms with Crippen molar-refractivity contribution in [3.63, 3.8) is 0 Å². The maximum absolute atomic E-state index is 6.09. The number of aromatic nitrogens is 3. The van der Waals surface area contributed by atoms with Crippen molar-refractivity contribution in [3.05, 3.63) is 23.0 Å². The predicted octanol–water partition coefficient (Wildman–Crippen LogP) is 2.14. The lowest BCUT2D eigenvalue weighted by molar-refractivity contribution is 0.774. The van der Waals surface area contributed by atoms with Gasteiger partial charge in [-0.05, 0) is 19.4 Å². The van der Waals surface area contributed by atoms with Crippen LogP contribution in [0.3, 0.4) is 0 Å². The average Bonchev–Trinajstić information content (AvgIpc) is 2.97. The standard InChI is InChI=1S/C12H16ClN5.ClH/c1-2-8-6-15-18-11(5-10(13)17-12(8)18)16-9-3-4-14-7-9;/h5-6,9,14,16H,2-4,7H2,1H3;1H/t9-;/m0./s1. The van der Waals surface area contributed by atoms with Gasteiger partial charge in [0.05, 0.1) is 6.20 Å². The van der Waals surface area contributed by atoms with Crippen molar-refractivity contribution < 1.29 is 0 Å². The van der Waals surface area contributed by atoms with Gasteiger partial charge in [-0.3, -0.25) is 0 Å². The fourth-order valence-electron chi connectivity index (χ4n) is 2.32. The number of halogens is 2. The van der Waals surface area contributed by atoms with Crippen LogP contribution in [-0.2, 0) is 6.42 Å². The maximum atomic E-state index is 6.09. The normalized spacial score (nSPS) is 18.5. The van der Waals surface area contributed by atoms with Gasteiger partial charge in [0.1, 0.15) is 11.0 Å². The minimum atomic E-state index is 0. The van der Waals surface area contributed by atoms with Crippen LogP contribution in [0.1, 0.15) is 18.9 Å². The second kappa shape index (κ2) is 5.94. The molecule has 0 aromatic carbocycles. The molecule has 104 valence electrons. The Labute approximate surface area is 123 Å². The van der Waals surface area contributed by atoms with Crippen LogP contribution in [0.25, 0.3) is 5.65 Å². The van der Waals surface area contributed by atoms with E-state index in [4.69, 9.17) is 11.6 Å². The van der Waals surface area contributed by atoms with E-state index in [1.807, 2.05) is 16.8 Å². The topological polar surface area (TPSA) is 54.2 Å². The van der Waals surface area contributed by atoms with E-state index in [9.17, 15) is 0 Å². The first-order valence-electron chi connectivity index (χ1n) is 6.28. The quantitative estimate of drug-likeness (QED) is 0.853. The van der Waals surface area contributed by atoms with E-state index in [1.165, 1.54) is 0 Å². The zero-order valence-corrected chi connectivity index (χ0v) is 12.3. The number of nitrogens with zero attached hydrogens (tertiary/aromatic N) is 3. The van der Waals surface area contributed by atoms with Crippen molar-refractivity contribution in [2.24, 2.45) is 0 Å². The van der Waals surface area contributed by atoms with Gasteiger partial charge in [0.25, 0.3) is 0 Å². The third-order valence-corrected chi connectivity index (χ3v) is 3.50. The summed E-state index contributed by atoms with van der Waals surface area (Å²) in [5, 5.41) is 11.7. The van der Waals surface area contributed by atoms with Gasteiger partial charge < -0.3 is 10.6 Å². The molecule has 0 bridgehead atoms. The van der Waals surface area contributed by atoms with Crippen molar-refractivity contribution in [1.82, 2.24) is 19.9 Å². The highest BCUT2D eigenvalue weighted by Gasteiger charge is 2.17. The maximum Gasteiger partial charge on any atom is 0.162 e. The number of anilines is 1. The monoisotopic (exact) mass is 301 g/mol. The lowest BCUT2D eigenvalue weighted by Crippen LogP contribution is -2.23. The summed E-state index contributed by atoms with van der Waals surface area (Å²) < 4.78 is 1.84. The molecule has 7 heteroatoms. The Morgan fingerprint density at radius 1 is 1.58 bits per heavy atom. The molecule has 2 aromatic rings. The largest absolute Gasteiger partial charge is 0.366 e. The van der Waals surface area contributed by atoms with Gasteiger partial charge in [0, 0.05) is 24.2 Å². The Kier molecular flexibility index (Phi) is 4.50. The number of hydrogen-bond donors (Lipinski definition) is 2. The summed E-state index contributed by atoms with van der Waals surface area (Å²) in [5.74, 6) is 0.915. The van der Waals surface area contributed by atoms with Crippen LogP contribution in [0.5, 0.6) is 0 Å². The van der Waals surface area contributed by atoms with E-state index >= 15 is 0 Å². The second-order valence-electron chi connectivity index (χ2n) is 4.56. The first-order chi connectivity index (χ1) is 8.78. The van der Waals surface area contributed by atoms with Crippen molar-refractivity contribution in [2.45, 2.75) is 25.8 Å². The molecule has 1 aliphatic rings. The Bertz CT molecular complexity index is 562. The van der Waals surface area contributed by atoms with Crippen LogP contribution in [0.4, 0.5) is 5.82 Å². The molecule has 19 heavy (non-hydrogen) atoms. The van der Waals surface area contributed by atoms with Crippen LogP contribution >= 0.6 is 24.0 Å². The van der Waals surface area contributed by atoms with Crippen molar-refractivity contribution in [3.8, 4) is 0 Å². The molecular formula is C12H17Cl2N5. The summed E-state index contributed by atoms with van der Waals surface area (Å²) in [6.07, 6.45) is 3.88. The molecule has 3 rings (SSSR count). The Morgan fingerprint density at radius 3 is 3.11 bits per heavy atom. The van der Waals surface area contributed by atoms with Gasteiger partial charge in [-0.1, -0.05) is 18.5 Å². The van der Waals surface area contributed by atoms with Crippen molar-refractivity contribution in [1.29, 1.82) is 0 Å². The molecule has 0 radical (unpaired) electrons. The minimum Gasteiger partial charge on any atom is -0.366 e. The van der Waals surface area contributed by atoms with E-state index in [0.29, 0.717) is 11.2 Å². The molecule has 0 unspecified atom stereocenters. The first-order valence-corrected chi connectivity index (χ1v) is 6.66. The van der Waals surface area contributed by atoms with Crippen LogP contribution in [0.15, 0.2) is 12.3 Å². The first kappa shape index (κ1) is 14.4. The highest BCUT2D eigenvalue weighted by Crippen LogP contribution is 2.20. The predicted molar refractivity (Wildman–Crippen MR) is 79.5 cm³/mol. The second-order valence-corrected chi connectivity index (χ2v) is 4.94. The summed E-state index contributed by atoms with van der Waals surface area (Å²) in [6.45, 7) is 4.12. The highest BCUT2D eigenvalue weighted by molar-refractivity contribution is 6.29. The number of aryl methyl sites for hydroxylation is 1. The van der Waals surface area contributed by atoms with Crippen LogP contribution in [0.2, 0.25) is 5.15 Å². The zero-order chi connectivity index (χ0) is 12.5. The molecule has 5 nitrogen and oxygen atoms in total. The molecular weight excluding hydrogens is 285 g/mol. The van der Waals surface area contributed by atoms with Gasteiger partial charge in [0.15, 0.2) is 5.65 Å². The number of hydrogen-bond acceptors (Lipinski definition) is 4. The van der Waals surface area contributed by atoms with Crippen LogP contribution < -0.4 is 10.6 Å². The lowest BCUT2D eigenvalue weighted by atomic mass is 10.2. The average molecular weight is 302 g/mol. The SMILES string of the molecule is CCc1cnn2c(N[C@H]3CCNC3)cc(Cl)nc12.Cl. The molecule has 3 heterocycles. The van der Waals surface area contributed by atoms with E-state index in [-0.39, 0.29) is 12.4 Å². The Balaban J connectivity index is 0.00000133. The number of fused-ring (bicyclic) bond motifs is 1. The van der Waals surface area contributed by atoms with E-state index in [0.717, 1.165) is 43.0 Å². The summed E-state index contributed by atoms with van der Waals surface area (Å²) in [6, 6.07) is 2.26. The molecule has 2 aromatic heterocycles. The van der Waals surface area contributed by atoms with Gasteiger partial charge in [-0.2, -0.15) is 9.61 Å². The number of nitrogens with one attached hydrogen (secondary N) is 2. The fourth-order valence-corrected chi connectivity index (χ4v) is 2.50. The molecule has 0 spiro atoms. The minimum absolute atomic E-state index is 0. The van der Waals surface area contributed by atoms with Crippen molar-refractivity contribution in [2.75, 3.05) is 18.4 Å². The summed E-state index contributed by atoms with van der Waals surface area (Å²) in [4.78, 5) is 4.35.